The van der Waals surface area contributed by atoms with Gasteiger partial charge in [-0.2, -0.15) is 0 Å². The Morgan fingerprint density at radius 3 is 2.35 bits per heavy atom. The molecule has 0 aromatic carbocycles. The molecule has 0 amide bonds. The van der Waals surface area contributed by atoms with Crippen LogP contribution in [0.15, 0.2) is 11.6 Å². The van der Waals surface area contributed by atoms with Crippen molar-refractivity contribution in [3.05, 3.63) is 11.6 Å². The Balaban J connectivity index is 1.91. The second-order valence-corrected chi connectivity index (χ2v) is 13.8. The molecule has 0 bridgehead atoms. The molecule has 0 N–H and O–H groups in total. The SMILES string of the molecule is C/C=C1/C(C)C(CC[C@@H](C)CC)(C(C)=O)CC[C@@]1(C)C1(C)CCC2C(C)C(OC)CCC2(C)C1. The maximum Gasteiger partial charge on any atom is 0.136 e. The number of carbonyl (C=O) groups excluding carboxylic acids is 1. The third kappa shape index (κ3) is 4.37. The Morgan fingerprint density at radius 2 is 1.79 bits per heavy atom. The van der Waals surface area contributed by atoms with E-state index in [1.54, 1.807) is 5.57 Å². The summed E-state index contributed by atoms with van der Waals surface area (Å²) in [6.07, 6.45) is 14.9. The van der Waals surface area contributed by atoms with Crippen LogP contribution in [-0.2, 0) is 9.53 Å². The number of allylic oxidation sites excluding steroid dienone is 2. The van der Waals surface area contributed by atoms with Gasteiger partial charge in [0, 0.05) is 12.5 Å². The number of rotatable bonds is 7. The molecule has 0 aliphatic heterocycles. The standard InChI is InChI=1S/C32H56O2/c1-11-22(3)13-18-32(25(6)33)20-19-31(9,26(12-2)24(32)5)30(8)17-14-27-23(4)28(34-10)15-16-29(27,7)21-30/h12,22-24,27-28H,11,13-21H2,1-10H3/b26-12-/t22-,23?,24?,27?,28?,29?,30?,31+,32?/m0/s1. The fourth-order valence-corrected chi connectivity index (χ4v) is 9.44. The molecule has 0 aromatic rings. The molecular formula is C32H56O2. The number of fused-ring (bicyclic) bond motifs is 1. The van der Waals surface area contributed by atoms with E-state index in [4.69, 9.17) is 4.74 Å². The van der Waals surface area contributed by atoms with Crippen molar-refractivity contribution in [3.8, 4) is 0 Å². The van der Waals surface area contributed by atoms with Crippen molar-refractivity contribution in [2.45, 2.75) is 133 Å². The van der Waals surface area contributed by atoms with E-state index in [-0.39, 0.29) is 16.2 Å². The normalized spacial score (nSPS) is 47.3. The topological polar surface area (TPSA) is 26.3 Å². The number of hydrogen-bond acceptors (Lipinski definition) is 2. The zero-order valence-electron chi connectivity index (χ0n) is 24.4. The first kappa shape index (κ1) is 27.9. The fraction of sp³-hybridized carbons (Fsp3) is 0.906. The third-order valence-electron chi connectivity index (χ3n) is 12.3. The largest absolute Gasteiger partial charge is 0.381 e. The van der Waals surface area contributed by atoms with Crippen LogP contribution < -0.4 is 0 Å². The maximum atomic E-state index is 13.3. The average Bonchev–Trinajstić information content (AvgIpc) is 2.78. The van der Waals surface area contributed by atoms with Gasteiger partial charge in [0.1, 0.15) is 5.78 Å². The number of ketones is 1. The molecule has 3 aliphatic carbocycles. The van der Waals surface area contributed by atoms with Gasteiger partial charge in [0.15, 0.2) is 0 Å². The summed E-state index contributed by atoms with van der Waals surface area (Å²) in [6.45, 7) is 21.4. The van der Waals surface area contributed by atoms with Crippen LogP contribution in [-0.4, -0.2) is 19.0 Å². The van der Waals surface area contributed by atoms with Crippen LogP contribution in [0.1, 0.15) is 127 Å². The Labute approximate surface area is 212 Å². The van der Waals surface area contributed by atoms with E-state index in [1.165, 1.54) is 44.9 Å². The summed E-state index contributed by atoms with van der Waals surface area (Å²) < 4.78 is 5.89. The lowest BCUT2D eigenvalue weighted by molar-refractivity contribution is -0.142. The summed E-state index contributed by atoms with van der Waals surface area (Å²) in [6, 6.07) is 0. The summed E-state index contributed by atoms with van der Waals surface area (Å²) in [5.74, 6) is 2.88. The highest BCUT2D eigenvalue weighted by Gasteiger charge is 2.61. The van der Waals surface area contributed by atoms with E-state index in [0.717, 1.165) is 25.2 Å². The molecule has 0 aromatic heterocycles. The molecule has 34 heavy (non-hydrogen) atoms. The highest BCUT2D eigenvalue weighted by molar-refractivity contribution is 5.83. The molecule has 0 radical (unpaired) electrons. The summed E-state index contributed by atoms with van der Waals surface area (Å²) >= 11 is 0. The summed E-state index contributed by atoms with van der Waals surface area (Å²) in [7, 11) is 1.90. The first-order valence-electron chi connectivity index (χ1n) is 14.5. The van der Waals surface area contributed by atoms with Crippen LogP contribution in [0.2, 0.25) is 0 Å². The summed E-state index contributed by atoms with van der Waals surface area (Å²) in [5, 5.41) is 0. The van der Waals surface area contributed by atoms with E-state index < -0.39 is 0 Å². The van der Waals surface area contributed by atoms with Gasteiger partial charge in [-0.1, -0.05) is 66.5 Å². The van der Waals surface area contributed by atoms with Gasteiger partial charge in [-0.25, -0.2) is 0 Å². The molecule has 7 unspecified atom stereocenters. The van der Waals surface area contributed by atoms with E-state index >= 15 is 0 Å². The predicted octanol–water partition coefficient (Wildman–Crippen LogP) is 9.03. The van der Waals surface area contributed by atoms with E-state index in [1.807, 2.05) is 14.0 Å². The van der Waals surface area contributed by atoms with Crippen LogP contribution in [0, 0.1) is 45.3 Å². The van der Waals surface area contributed by atoms with Gasteiger partial charge in [-0.15, -0.1) is 0 Å². The number of carbonyl (C=O) groups is 1. The highest BCUT2D eigenvalue weighted by atomic mass is 16.5. The number of hydrogen-bond donors (Lipinski definition) is 0. The molecular weight excluding hydrogens is 416 g/mol. The quantitative estimate of drug-likeness (QED) is 0.345. The van der Waals surface area contributed by atoms with E-state index in [9.17, 15) is 4.79 Å². The Kier molecular flexibility index (Phi) is 8.24. The summed E-state index contributed by atoms with van der Waals surface area (Å²) in [5.41, 5.74) is 2.27. The van der Waals surface area contributed by atoms with Gasteiger partial charge >= 0.3 is 0 Å². The van der Waals surface area contributed by atoms with Crippen LogP contribution in [0.5, 0.6) is 0 Å². The molecule has 3 aliphatic rings. The first-order valence-corrected chi connectivity index (χ1v) is 14.5. The minimum absolute atomic E-state index is 0.172. The minimum Gasteiger partial charge on any atom is -0.381 e. The van der Waals surface area contributed by atoms with E-state index in [0.29, 0.717) is 35.1 Å². The lowest BCUT2D eigenvalue weighted by atomic mass is 9.41. The van der Waals surface area contributed by atoms with Crippen molar-refractivity contribution in [1.29, 1.82) is 0 Å². The van der Waals surface area contributed by atoms with E-state index in [2.05, 4.69) is 61.5 Å². The van der Waals surface area contributed by atoms with Gasteiger partial charge in [-0.3, -0.25) is 4.79 Å². The molecule has 9 atom stereocenters. The van der Waals surface area contributed by atoms with Gasteiger partial charge in [0.05, 0.1) is 6.10 Å². The zero-order chi connectivity index (χ0) is 25.5. The molecule has 196 valence electrons. The predicted molar refractivity (Wildman–Crippen MR) is 145 cm³/mol. The molecule has 0 saturated heterocycles. The van der Waals surface area contributed by atoms with Gasteiger partial charge in [0.2, 0.25) is 0 Å². The minimum atomic E-state index is -0.173. The Morgan fingerprint density at radius 1 is 1.12 bits per heavy atom. The monoisotopic (exact) mass is 472 g/mol. The number of methoxy groups -OCH3 is 1. The van der Waals surface area contributed by atoms with Crippen molar-refractivity contribution in [3.63, 3.8) is 0 Å². The van der Waals surface area contributed by atoms with Gasteiger partial charge < -0.3 is 4.74 Å². The van der Waals surface area contributed by atoms with Crippen molar-refractivity contribution in [1.82, 2.24) is 0 Å². The van der Waals surface area contributed by atoms with Gasteiger partial charge in [0.25, 0.3) is 0 Å². The van der Waals surface area contributed by atoms with Crippen LogP contribution >= 0.6 is 0 Å². The average molecular weight is 473 g/mol. The molecule has 2 nitrogen and oxygen atoms in total. The summed E-state index contributed by atoms with van der Waals surface area (Å²) in [4.78, 5) is 13.3. The van der Waals surface area contributed by atoms with Crippen molar-refractivity contribution in [2.75, 3.05) is 7.11 Å². The Bertz CT molecular complexity index is 769. The van der Waals surface area contributed by atoms with Crippen molar-refractivity contribution in [2.24, 2.45) is 45.3 Å². The number of ether oxygens (including phenoxy) is 1. The third-order valence-corrected chi connectivity index (χ3v) is 12.3. The highest BCUT2D eigenvalue weighted by Crippen LogP contribution is 2.68. The maximum absolute atomic E-state index is 13.3. The van der Waals surface area contributed by atoms with Crippen LogP contribution in [0.25, 0.3) is 0 Å². The molecule has 3 rings (SSSR count). The lowest BCUT2D eigenvalue weighted by Crippen LogP contribution is -2.56. The molecule has 0 spiro atoms. The van der Waals surface area contributed by atoms with Crippen LogP contribution in [0.3, 0.4) is 0 Å². The Hall–Kier alpha value is -0.630. The van der Waals surface area contributed by atoms with Crippen molar-refractivity contribution < 1.29 is 9.53 Å². The zero-order valence-corrected chi connectivity index (χ0v) is 24.4. The molecule has 0 heterocycles. The smallest absolute Gasteiger partial charge is 0.136 e. The second-order valence-electron chi connectivity index (χ2n) is 13.8. The van der Waals surface area contributed by atoms with Gasteiger partial charge in [-0.05, 0) is 112 Å². The van der Waals surface area contributed by atoms with Crippen molar-refractivity contribution >= 4 is 5.78 Å². The lowest BCUT2D eigenvalue weighted by Gasteiger charge is -2.64. The second kappa shape index (κ2) is 10.0. The van der Waals surface area contributed by atoms with Crippen LogP contribution in [0.4, 0.5) is 0 Å². The molecule has 3 fully saturated rings. The molecule has 3 saturated carbocycles. The number of Topliss-reactive ketones (excluding diaryl/α,β-unsaturated/α-hetero) is 1. The first-order chi connectivity index (χ1) is 15.8. The fourth-order valence-electron chi connectivity index (χ4n) is 9.44. The molecule has 2 heteroatoms.